The van der Waals surface area contributed by atoms with Crippen LogP contribution in [0, 0.1) is 6.92 Å². The van der Waals surface area contributed by atoms with E-state index in [1.165, 1.54) is 24.3 Å². The maximum atomic E-state index is 13.4. The number of anilines is 1. The molecule has 0 atom stereocenters. The van der Waals surface area contributed by atoms with Gasteiger partial charge >= 0.3 is 5.97 Å². The number of amides is 1. The van der Waals surface area contributed by atoms with Crippen molar-refractivity contribution < 1.29 is 22.7 Å². The predicted octanol–water partition coefficient (Wildman–Crippen LogP) is 4.58. The number of nitrogens with one attached hydrogen (secondary N) is 1. The Morgan fingerprint density at radius 1 is 0.971 bits per heavy atom. The summed E-state index contributed by atoms with van der Waals surface area (Å²) in [6.45, 7) is 3.61. The van der Waals surface area contributed by atoms with Gasteiger partial charge in [-0.1, -0.05) is 53.6 Å². The second-order valence-electron chi connectivity index (χ2n) is 7.94. The van der Waals surface area contributed by atoms with Crippen molar-refractivity contribution in [3.63, 3.8) is 0 Å². The number of carbonyl (C=O) groups excluding carboxylic acids is 2. The molecular formula is C26H27ClN2O5S. The van der Waals surface area contributed by atoms with E-state index in [-0.39, 0.29) is 30.4 Å². The number of esters is 1. The summed E-state index contributed by atoms with van der Waals surface area (Å²) >= 11 is 5.92. The summed E-state index contributed by atoms with van der Waals surface area (Å²) in [6.07, 6.45) is 0.131. The molecule has 0 saturated carbocycles. The highest BCUT2D eigenvalue weighted by Gasteiger charge is 2.27. The third-order valence-electron chi connectivity index (χ3n) is 5.10. The standard InChI is InChI=1S/C26H27ClN2O5S/c1-3-34-26(31)16-20-7-11-23(12-8-20)28-25(30)18-29(17-21-6-4-5-19(2)15-21)35(32,33)24-13-9-22(27)10-14-24/h4-15H,3,16-18H2,1-2H3,(H,28,30). The van der Waals surface area contributed by atoms with Crippen molar-refractivity contribution in [1.82, 2.24) is 4.31 Å². The molecule has 0 fully saturated rings. The Hall–Kier alpha value is -3.20. The molecule has 0 aliphatic carbocycles. The largest absolute Gasteiger partial charge is 0.466 e. The van der Waals surface area contributed by atoms with E-state index in [0.717, 1.165) is 21.0 Å². The van der Waals surface area contributed by atoms with E-state index in [4.69, 9.17) is 16.3 Å². The number of aryl methyl sites for hydroxylation is 1. The molecule has 3 aromatic carbocycles. The maximum absolute atomic E-state index is 13.4. The average molecular weight is 515 g/mol. The van der Waals surface area contributed by atoms with Crippen LogP contribution in [0.2, 0.25) is 5.02 Å². The van der Waals surface area contributed by atoms with Crippen LogP contribution in [0.4, 0.5) is 5.69 Å². The Kier molecular flexibility index (Phi) is 9.03. The van der Waals surface area contributed by atoms with Crippen LogP contribution in [0.3, 0.4) is 0 Å². The fraction of sp³-hybridized carbons (Fsp3) is 0.231. The molecule has 0 bridgehead atoms. The third-order valence-corrected chi connectivity index (χ3v) is 7.16. The van der Waals surface area contributed by atoms with Crippen LogP contribution in [0.25, 0.3) is 0 Å². The van der Waals surface area contributed by atoms with Crippen molar-refractivity contribution in [2.24, 2.45) is 0 Å². The second-order valence-corrected chi connectivity index (χ2v) is 10.3. The lowest BCUT2D eigenvalue weighted by Gasteiger charge is -2.22. The fourth-order valence-corrected chi connectivity index (χ4v) is 4.95. The van der Waals surface area contributed by atoms with E-state index in [1.54, 1.807) is 31.2 Å². The number of rotatable bonds is 10. The summed E-state index contributed by atoms with van der Waals surface area (Å²) in [5, 5.41) is 3.14. The number of nitrogens with zero attached hydrogens (tertiary/aromatic N) is 1. The highest BCUT2D eigenvalue weighted by atomic mass is 35.5. The Morgan fingerprint density at radius 3 is 2.29 bits per heavy atom. The van der Waals surface area contributed by atoms with Crippen molar-refractivity contribution in [2.45, 2.75) is 31.7 Å². The normalized spacial score (nSPS) is 11.3. The zero-order valence-electron chi connectivity index (χ0n) is 19.5. The zero-order chi connectivity index (χ0) is 25.4. The summed E-state index contributed by atoms with van der Waals surface area (Å²) in [6, 6.07) is 20.0. The molecule has 0 unspecified atom stereocenters. The van der Waals surface area contributed by atoms with Gasteiger partial charge in [0.1, 0.15) is 0 Å². The van der Waals surface area contributed by atoms with Crippen molar-refractivity contribution in [3.8, 4) is 0 Å². The van der Waals surface area contributed by atoms with Crippen LogP contribution in [-0.2, 0) is 37.3 Å². The maximum Gasteiger partial charge on any atom is 0.310 e. The Morgan fingerprint density at radius 2 is 1.66 bits per heavy atom. The topological polar surface area (TPSA) is 92.8 Å². The number of hydrogen-bond donors (Lipinski definition) is 1. The van der Waals surface area contributed by atoms with Crippen LogP contribution < -0.4 is 5.32 Å². The smallest absolute Gasteiger partial charge is 0.310 e. The Balaban J connectivity index is 1.77. The lowest BCUT2D eigenvalue weighted by Crippen LogP contribution is -2.37. The molecule has 1 N–H and O–H groups in total. The van der Waals surface area contributed by atoms with E-state index in [2.05, 4.69) is 5.32 Å². The molecule has 0 spiro atoms. The molecule has 35 heavy (non-hydrogen) atoms. The third kappa shape index (κ3) is 7.65. The first kappa shape index (κ1) is 26.4. The number of ether oxygens (including phenoxy) is 1. The first-order valence-electron chi connectivity index (χ1n) is 11.0. The van der Waals surface area contributed by atoms with Crippen LogP contribution in [-0.4, -0.2) is 37.8 Å². The van der Waals surface area contributed by atoms with Crippen LogP contribution in [0.1, 0.15) is 23.6 Å². The van der Waals surface area contributed by atoms with Crippen molar-refractivity contribution in [2.75, 3.05) is 18.5 Å². The van der Waals surface area contributed by atoms with Gasteiger partial charge in [-0.2, -0.15) is 4.31 Å². The molecule has 0 heterocycles. The molecule has 0 aromatic heterocycles. The lowest BCUT2D eigenvalue weighted by molar-refractivity contribution is -0.142. The van der Waals surface area contributed by atoms with E-state index in [9.17, 15) is 18.0 Å². The number of sulfonamides is 1. The zero-order valence-corrected chi connectivity index (χ0v) is 21.1. The summed E-state index contributed by atoms with van der Waals surface area (Å²) in [4.78, 5) is 24.5. The molecular weight excluding hydrogens is 488 g/mol. The summed E-state index contributed by atoms with van der Waals surface area (Å²) < 4.78 is 32.8. The minimum absolute atomic E-state index is 0.0263. The lowest BCUT2D eigenvalue weighted by atomic mass is 10.1. The summed E-state index contributed by atoms with van der Waals surface area (Å²) in [5.74, 6) is -0.822. The van der Waals surface area contributed by atoms with Gasteiger partial charge in [-0.3, -0.25) is 9.59 Å². The fourth-order valence-electron chi connectivity index (χ4n) is 3.44. The summed E-state index contributed by atoms with van der Waals surface area (Å²) in [5.41, 5.74) is 2.98. The molecule has 9 heteroatoms. The van der Waals surface area contributed by atoms with E-state index >= 15 is 0 Å². The van der Waals surface area contributed by atoms with Gasteiger partial charge in [-0.15, -0.1) is 0 Å². The Bertz CT molecular complexity index is 1280. The van der Waals surface area contributed by atoms with Crippen molar-refractivity contribution in [3.05, 3.63) is 94.5 Å². The molecule has 7 nitrogen and oxygen atoms in total. The quantitative estimate of drug-likeness (QED) is 0.400. The van der Waals surface area contributed by atoms with E-state index in [0.29, 0.717) is 17.3 Å². The van der Waals surface area contributed by atoms with Crippen LogP contribution >= 0.6 is 11.6 Å². The molecule has 3 rings (SSSR count). The minimum Gasteiger partial charge on any atom is -0.466 e. The van der Waals surface area contributed by atoms with Gasteiger partial charge in [-0.25, -0.2) is 8.42 Å². The van der Waals surface area contributed by atoms with E-state index < -0.39 is 15.9 Å². The van der Waals surface area contributed by atoms with Crippen LogP contribution in [0.15, 0.2) is 77.7 Å². The highest BCUT2D eigenvalue weighted by molar-refractivity contribution is 7.89. The van der Waals surface area contributed by atoms with Gasteiger partial charge in [0.05, 0.1) is 24.5 Å². The monoisotopic (exact) mass is 514 g/mol. The molecule has 1 amide bonds. The van der Waals surface area contributed by atoms with Gasteiger partial charge in [0.2, 0.25) is 15.9 Å². The average Bonchev–Trinajstić information content (AvgIpc) is 2.80. The molecule has 184 valence electrons. The SMILES string of the molecule is CCOC(=O)Cc1ccc(NC(=O)CN(Cc2cccc(C)c2)S(=O)(=O)c2ccc(Cl)cc2)cc1. The Labute approximate surface area is 210 Å². The van der Waals surface area contributed by atoms with Crippen molar-refractivity contribution in [1.29, 1.82) is 0 Å². The second kappa shape index (κ2) is 12.0. The molecule has 3 aromatic rings. The van der Waals surface area contributed by atoms with Crippen LogP contribution in [0.5, 0.6) is 0 Å². The molecule has 0 saturated heterocycles. The van der Waals surface area contributed by atoms with E-state index in [1.807, 2.05) is 31.2 Å². The van der Waals surface area contributed by atoms with Gasteiger partial charge < -0.3 is 10.1 Å². The number of halogens is 1. The predicted molar refractivity (Wildman–Crippen MR) is 136 cm³/mol. The van der Waals surface area contributed by atoms with Gasteiger partial charge in [0, 0.05) is 17.3 Å². The number of benzene rings is 3. The summed E-state index contributed by atoms with van der Waals surface area (Å²) in [7, 11) is -3.98. The molecule has 0 aliphatic heterocycles. The highest BCUT2D eigenvalue weighted by Crippen LogP contribution is 2.21. The molecule has 0 radical (unpaired) electrons. The molecule has 0 aliphatic rings. The number of carbonyl (C=O) groups is 2. The van der Waals surface area contributed by atoms with Gasteiger partial charge in [-0.05, 0) is 61.4 Å². The number of hydrogen-bond acceptors (Lipinski definition) is 5. The first-order valence-corrected chi connectivity index (χ1v) is 12.8. The first-order chi connectivity index (χ1) is 16.7. The van der Waals surface area contributed by atoms with Crippen molar-refractivity contribution >= 4 is 39.2 Å². The minimum atomic E-state index is -3.98. The van der Waals surface area contributed by atoms with Gasteiger partial charge in [0.15, 0.2) is 0 Å². The van der Waals surface area contributed by atoms with Gasteiger partial charge in [0.25, 0.3) is 0 Å².